The maximum absolute atomic E-state index is 13.6. The van der Waals surface area contributed by atoms with Gasteiger partial charge in [-0.05, 0) is 66.4 Å². The number of amides is 1. The molecule has 1 unspecified atom stereocenters. The van der Waals surface area contributed by atoms with Gasteiger partial charge in [0.2, 0.25) is 0 Å². The number of hydrogen-bond donors (Lipinski definition) is 1. The van der Waals surface area contributed by atoms with Crippen molar-refractivity contribution in [3.05, 3.63) is 101 Å². The highest BCUT2D eigenvalue weighted by atomic mass is 19.1. The van der Waals surface area contributed by atoms with E-state index in [0.717, 1.165) is 17.5 Å². The molecule has 0 radical (unpaired) electrons. The number of aliphatic hydroxyl groups excluding tert-OH is 1. The summed E-state index contributed by atoms with van der Waals surface area (Å²) in [6.45, 7) is 4.53. The smallest absolute Gasteiger partial charge is 0.295 e. The Morgan fingerprint density at radius 3 is 2.56 bits per heavy atom. The fourth-order valence-corrected chi connectivity index (χ4v) is 4.05. The van der Waals surface area contributed by atoms with Gasteiger partial charge in [0.1, 0.15) is 17.3 Å². The van der Waals surface area contributed by atoms with Crippen molar-refractivity contribution in [2.45, 2.75) is 32.9 Å². The third-order valence-electron chi connectivity index (χ3n) is 5.71. The minimum Gasteiger partial charge on any atom is -0.507 e. The summed E-state index contributed by atoms with van der Waals surface area (Å²) in [5.41, 5.74) is 2.39. The highest BCUT2D eigenvalue weighted by Gasteiger charge is 2.46. The van der Waals surface area contributed by atoms with Crippen LogP contribution in [0.3, 0.4) is 0 Å². The molecule has 1 saturated heterocycles. The molecule has 2 aromatic carbocycles. The van der Waals surface area contributed by atoms with Gasteiger partial charge in [-0.3, -0.25) is 14.6 Å². The van der Waals surface area contributed by atoms with Crippen LogP contribution in [0.15, 0.2) is 72.6 Å². The predicted molar refractivity (Wildman–Crippen MR) is 125 cm³/mol. The number of carbonyl (C=O) groups is 2. The first kappa shape index (κ1) is 23.2. The molecule has 4 rings (SSSR count). The van der Waals surface area contributed by atoms with Crippen molar-refractivity contribution in [3.63, 3.8) is 0 Å². The zero-order chi connectivity index (χ0) is 24.2. The third kappa shape index (κ3) is 4.55. The van der Waals surface area contributed by atoms with Gasteiger partial charge in [0.15, 0.2) is 0 Å². The van der Waals surface area contributed by atoms with Gasteiger partial charge in [0.05, 0.1) is 18.2 Å². The Morgan fingerprint density at radius 1 is 1.15 bits per heavy atom. The molecule has 1 N–H and O–H groups in total. The largest absolute Gasteiger partial charge is 0.507 e. The number of carbonyl (C=O) groups excluding carboxylic acids is 2. The van der Waals surface area contributed by atoms with E-state index in [1.165, 1.54) is 29.2 Å². The Balaban J connectivity index is 1.81. The van der Waals surface area contributed by atoms with E-state index in [9.17, 15) is 19.1 Å². The third-order valence-corrected chi connectivity index (χ3v) is 5.71. The van der Waals surface area contributed by atoms with Crippen LogP contribution in [0.4, 0.5) is 4.39 Å². The first-order valence-corrected chi connectivity index (χ1v) is 11.1. The highest BCUT2D eigenvalue weighted by Crippen LogP contribution is 2.40. The average molecular weight is 461 g/mol. The second kappa shape index (κ2) is 9.87. The number of benzene rings is 2. The lowest BCUT2D eigenvalue weighted by Gasteiger charge is -2.25. The van der Waals surface area contributed by atoms with Gasteiger partial charge in [-0.15, -0.1) is 0 Å². The molecule has 1 aliphatic rings. The van der Waals surface area contributed by atoms with Crippen LogP contribution in [0.2, 0.25) is 0 Å². The highest BCUT2D eigenvalue weighted by molar-refractivity contribution is 6.46. The molecule has 0 aliphatic carbocycles. The SMILES string of the molecule is CCCOc1ccc(/C(O)=C2\C(=O)C(=O)N(Cc3cccnc3)C2c2ccc(F)cc2)cc1C. The van der Waals surface area contributed by atoms with Crippen LogP contribution < -0.4 is 4.74 Å². The summed E-state index contributed by atoms with van der Waals surface area (Å²) in [6.07, 6.45) is 4.09. The van der Waals surface area contributed by atoms with Crippen LogP contribution in [0, 0.1) is 12.7 Å². The van der Waals surface area contributed by atoms with Crippen molar-refractivity contribution in [3.8, 4) is 5.75 Å². The van der Waals surface area contributed by atoms with Crippen molar-refractivity contribution in [1.82, 2.24) is 9.88 Å². The minimum absolute atomic E-state index is 0.0397. The van der Waals surface area contributed by atoms with E-state index in [2.05, 4.69) is 4.98 Å². The standard InChI is InChI=1S/C27H25FN2O4/c1-3-13-34-22-11-8-20(14-17(22)2)25(31)23-24(19-6-9-21(28)10-7-19)30(27(33)26(23)32)16-18-5-4-12-29-15-18/h4-12,14-15,24,31H,3,13,16H2,1-2H3/b25-23+. The van der Waals surface area contributed by atoms with E-state index >= 15 is 0 Å². The van der Waals surface area contributed by atoms with Gasteiger partial charge in [0, 0.05) is 24.5 Å². The summed E-state index contributed by atoms with van der Waals surface area (Å²) in [4.78, 5) is 31.7. The van der Waals surface area contributed by atoms with Crippen LogP contribution in [0.1, 0.15) is 41.6 Å². The maximum atomic E-state index is 13.6. The maximum Gasteiger partial charge on any atom is 0.295 e. The molecule has 6 nitrogen and oxygen atoms in total. The van der Waals surface area contributed by atoms with E-state index in [0.29, 0.717) is 23.5 Å². The summed E-state index contributed by atoms with van der Waals surface area (Å²) in [5, 5.41) is 11.2. The molecule has 1 amide bonds. The van der Waals surface area contributed by atoms with Crippen molar-refractivity contribution in [2.24, 2.45) is 0 Å². The summed E-state index contributed by atoms with van der Waals surface area (Å²) in [5.74, 6) is -1.57. The molecule has 7 heteroatoms. The number of likely N-dealkylation sites (tertiary alicyclic amines) is 1. The molecule has 0 spiro atoms. The van der Waals surface area contributed by atoms with E-state index in [1.54, 1.807) is 42.7 Å². The fourth-order valence-electron chi connectivity index (χ4n) is 4.05. The normalized spacial score (nSPS) is 17.3. The molecule has 34 heavy (non-hydrogen) atoms. The number of ketones is 1. The summed E-state index contributed by atoms with van der Waals surface area (Å²) < 4.78 is 19.3. The van der Waals surface area contributed by atoms with Crippen LogP contribution in [0.5, 0.6) is 5.75 Å². The number of Topliss-reactive ketones (excluding diaryl/α,β-unsaturated/α-hetero) is 1. The summed E-state index contributed by atoms with van der Waals surface area (Å²) >= 11 is 0. The van der Waals surface area contributed by atoms with Crippen molar-refractivity contribution >= 4 is 17.4 Å². The number of aliphatic hydroxyl groups is 1. The zero-order valence-corrected chi connectivity index (χ0v) is 19.0. The van der Waals surface area contributed by atoms with Crippen LogP contribution in [-0.2, 0) is 16.1 Å². The van der Waals surface area contributed by atoms with E-state index in [-0.39, 0.29) is 17.9 Å². The summed E-state index contributed by atoms with van der Waals surface area (Å²) in [7, 11) is 0. The van der Waals surface area contributed by atoms with Crippen LogP contribution in [-0.4, -0.2) is 33.3 Å². The molecule has 0 bridgehead atoms. The van der Waals surface area contributed by atoms with Gasteiger partial charge in [-0.2, -0.15) is 0 Å². The van der Waals surface area contributed by atoms with Crippen molar-refractivity contribution in [2.75, 3.05) is 6.61 Å². The van der Waals surface area contributed by atoms with Gasteiger partial charge in [-0.1, -0.05) is 25.1 Å². The number of nitrogens with zero attached hydrogens (tertiary/aromatic N) is 2. The predicted octanol–water partition coefficient (Wildman–Crippen LogP) is 4.94. The van der Waals surface area contributed by atoms with Gasteiger partial charge >= 0.3 is 0 Å². The second-order valence-electron chi connectivity index (χ2n) is 8.17. The molecule has 2 heterocycles. The molecule has 1 aromatic heterocycles. The molecular weight excluding hydrogens is 435 g/mol. The van der Waals surface area contributed by atoms with Gasteiger partial charge in [0.25, 0.3) is 11.7 Å². The Kier molecular flexibility index (Phi) is 6.72. The monoisotopic (exact) mass is 460 g/mol. The van der Waals surface area contributed by atoms with E-state index < -0.39 is 23.5 Å². The number of halogens is 1. The minimum atomic E-state index is -0.878. The van der Waals surface area contributed by atoms with Crippen molar-refractivity contribution in [1.29, 1.82) is 0 Å². The number of rotatable bonds is 7. The van der Waals surface area contributed by atoms with Crippen LogP contribution >= 0.6 is 0 Å². The lowest BCUT2D eigenvalue weighted by Crippen LogP contribution is -2.29. The molecule has 1 atom stereocenters. The Hall–Kier alpha value is -4.00. The zero-order valence-electron chi connectivity index (χ0n) is 19.0. The van der Waals surface area contributed by atoms with Crippen LogP contribution in [0.25, 0.3) is 5.76 Å². The van der Waals surface area contributed by atoms with E-state index in [1.807, 2.05) is 13.8 Å². The number of aryl methyl sites for hydroxylation is 1. The topological polar surface area (TPSA) is 79.7 Å². The quantitative estimate of drug-likeness (QED) is 0.307. The molecule has 1 aliphatic heterocycles. The molecule has 1 fully saturated rings. The second-order valence-corrected chi connectivity index (χ2v) is 8.17. The summed E-state index contributed by atoms with van der Waals surface area (Å²) in [6, 6.07) is 13.3. The molecule has 3 aromatic rings. The molecule has 174 valence electrons. The van der Waals surface area contributed by atoms with E-state index in [4.69, 9.17) is 4.74 Å². The Labute approximate surface area is 197 Å². The fraction of sp³-hybridized carbons (Fsp3) is 0.222. The van der Waals surface area contributed by atoms with Gasteiger partial charge < -0.3 is 14.7 Å². The number of ether oxygens (including phenoxy) is 1. The Morgan fingerprint density at radius 2 is 1.91 bits per heavy atom. The van der Waals surface area contributed by atoms with Gasteiger partial charge in [-0.25, -0.2) is 4.39 Å². The molecular formula is C27H25FN2O4. The van der Waals surface area contributed by atoms with Crippen molar-refractivity contribution < 1.29 is 23.8 Å². The number of aromatic nitrogens is 1. The number of hydrogen-bond acceptors (Lipinski definition) is 5. The Bertz CT molecular complexity index is 1240. The molecule has 0 saturated carbocycles. The average Bonchev–Trinajstić information content (AvgIpc) is 3.09. The lowest BCUT2D eigenvalue weighted by molar-refractivity contribution is -0.140. The lowest BCUT2D eigenvalue weighted by atomic mass is 9.94. The number of pyridine rings is 1. The first-order chi connectivity index (χ1) is 16.4. The first-order valence-electron chi connectivity index (χ1n) is 11.1.